The molecule has 0 radical (unpaired) electrons. The third kappa shape index (κ3) is 8.91. The lowest BCUT2D eigenvalue weighted by Gasteiger charge is -2.39. The van der Waals surface area contributed by atoms with Crippen LogP contribution in [0.15, 0.2) is 119 Å². The van der Waals surface area contributed by atoms with Crippen LogP contribution in [0.1, 0.15) is 94.9 Å². The third-order valence-corrected chi connectivity index (χ3v) is 9.34. The van der Waals surface area contributed by atoms with E-state index in [4.69, 9.17) is 4.74 Å². The monoisotopic (exact) mass is 584 g/mol. The van der Waals surface area contributed by atoms with Crippen LogP contribution in [0.2, 0.25) is 0 Å². The Morgan fingerprint density at radius 1 is 0.674 bits per heavy atom. The highest BCUT2D eigenvalue weighted by atomic mass is 16.6. The second-order valence-electron chi connectivity index (χ2n) is 14.6. The van der Waals surface area contributed by atoms with E-state index >= 15 is 0 Å². The van der Waals surface area contributed by atoms with E-state index in [1.54, 1.807) is 0 Å². The molecular weight excluding hydrogens is 528 g/mol. The molecule has 0 aromatic rings. The first-order valence-corrected chi connectivity index (χ1v) is 15.9. The quantitative estimate of drug-likeness (QED) is 0.198. The zero-order valence-electron chi connectivity index (χ0n) is 28.4. The number of rotatable bonds is 10. The summed E-state index contributed by atoms with van der Waals surface area (Å²) in [6, 6.07) is 0. The van der Waals surface area contributed by atoms with Gasteiger partial charge in [-0.15, -0.1) is 0 Å². The first kappa shape index (κ1) is 34.8. The molecule has 3 rings (SSSR count). The van der Waals surface area contributed by atoms with Gasteiger partial charge in [-0.2, -0.15) is 0 Å². The van der Waals surface area contributed by atoms with Gasteiger partial charge in [0.25, 0.3) is 0 Å². The van der Waals surface area contributed by atoms with E-state index in [-0.39, 0.29) is 34.2 Å². The lowest BCUT2D eigenvalue weighted by atomic mass is 9.63. The predicted octanol–water partition coefficient (Wildman–Crippen LogP) is 9.76. The van der Waals surface area contributed by atoms with Crippen molar-refractivity contribution in [1.29, 1.82) is 0 Å². The van der Waals surface area contributed by atoms with Gasteiger partial charge in [0.15, 0.2) is 0 Å². The first-order valence-electron chi connectivity index (χ1n) is 15.9. The molecule has 234 valence electrons. The van der Waals surface area contributed by atoms with E-state index in [0.29, 0.717) is 6.42 Å². The van der Waals surface area contributed by atoms with Crippen molar-refractivity contribution in [2.24, 2.45) is 10.8 Å². The Kier molecular flexibility index (Phi) is 11.3. The van der Waals surface area contributed by atoms with Crippen molar-refractivity contribution in [3.05, 3.63) is 119 Å². The predicted molar refractivity (Wildman–Crippen MR) is 184 cm³/mol. The second kappa shape index (κ2) is 13.9. The van der Waals surface area contributed by atoms with Crippen molar-refractivity contribution in [2.45, 2.75) is 118 Å². The molecule has 0 bridgehead atoms. The molecule has 1 saturated heterocycles. The van der Waals surface area contributed by atoms with Gasteiger partial charge in [0.05, 0.1) is 12.2 Å². The smallest absolute Gasteiger partial charge is 0.121 e. The number of hydrogen-bond donors (Lipinski definition) is 2. The number of epoxide rings is 1. The first-order chi connectivity index (χ1) is 20.0. The van der Waals surface area contributed by atoms with Crippen LogP contribution in [0.4, 0.5) is 0 Å². The molecule has 2 fully saturated rings. The van der Waals surface area contributed by atoms with E-state index in [1.807, 2.05) is 0 Å². The van der Waals surface area contributed by atoms with Crippen molar-refractivity contribution >= 4 is 0 Å². The van der Waals surface area contributed by atoms with Crippen molar-refractivity contribution in [2.75, 3.05) is 0 Å². The van der Waals surface area contributed by atoms with Gasteiger partial charge in [0, 0.05) is 11.8 Å². The lowest BCUT2D eigenvalue weighted by molar-refractivity contribution is 0.0515. The molecule has 0 unspecified atom stereocenters. The average Bonchev–Trinajstić information content (AvgIpc) is 3.49. The molecule has 43 heavy (non-hydrogen) atoms. The molecule has 1 saturated carbocycles. The van der Waals surface area contributed by atoms with Gasteiger partial charge in [0.2, 0.25) is 0 Å². The Hall–Kier alpha value is -2.72. The van der Waals surface area contributed by atoms with Crippen LogP contribution < -0.4 is 0 Å². The minimum absolute atomic E-state index is 0.00262. The summed E-state index contributed by atoms with van der Waals surface area (Å²) in [5.41, 5.74) is 6.71. The van der Waals surface area contributed by atoms with Crippen LogP contribution in [0, 0.1) is 10.8 Å². The summed E-state index contributed by atoms with van der Waals surface area (Å²) in [6.07, 6.45) is 32.3. The van der Waals surface area contributed by atoms with E-state index in [9.17, 15) is 10.2 Å². The largest absolute Gasteiger partial charge is 0.393 e. The molecule has 0 aromatic heterocycles. The summed E-state index contributed by atoms with van der Waals surface area (Å²) in [6.45, 7) is 21.5. The Morgan fingerprint density at radius 3 is 1.72 bits per heavy atom. The molecule has 1 heterocycles. The normalized spacial score (nSPS) is 32.3. The van der Waals surface area contributed by atoms with Gasteiger partial charge in [-0.05, 0) is 77.9 Å². The zero-order valence-corrected chi connectivity index (χ0v) is 28.4. The highest BCUT2D eigenvalue weighted by Crippen LogP contribution is 2.66. The van der Waals surface area contributed by atoms with Gasteiger partial charge in [-0.1, -0.05) is 135 Å². The van der Waals surface area contributed by atoms with Crippen molar-refractivity contribution in [3.8, 4) is 0 Å². The van der Waals surface area contributed by atoms with Gasteiger partial charge >= 0.3 is 0 Å². The number of aliphatic hydroxyl groups is 2. The van der Waals surface area contributed by atoms with Crippen LogP contribution in [0.5, 0.6) is 0 Å². The van der Waals surface area contributed by atoms with Crippen LogP contribution >= 0.6 is 0 Å². The molecule has 2 aliphatic carbocycles. The molecule has 2 N–H and O–H groups in total. The lowest BCUT2D eigenvalue weighted by Crippen LogP contribution is -2.46. The van der Waals surface area contributed by atoms with E-state index in [1.165, 1.54) is 33.4 Å². The van der Waals surface area contributed by atoms with Crippen molar-refractivity contribution < 1.29 is 14.9 Å². The van der Waals surface area contributed by atoms with Gasteiger partial charge < -0.3 is 14.9 Å². The molecule has 4 atom stereocenters. The van der Waals surface area contributed by atoms with Crippen molar-refractivity contribution in [1.82, 2.24) is 0 Å². The highest BCUT2D eigenvalue weighted by Gasteiger charge is 2.74. The van der Waals surface area contributed by atoms with Gasteiger partial charge in [0.1, 0.15) is 11.2 Å². The Balaban J connectivity index is 1.50. The summed E-state index contributed by atoms with van der Waals surface area (Å²) in [5.74, 6) is 0. The standard InChI is InChI=1S/C40H56O3/c1-29(17-13-19-31(3)21-22-36-33(5)25-34(41)26-37(36,6)7)15-11-12-16-30(2)18-14-20-32(4)23-24-40-38(8,9)27-35(42)28-39(40,10)43-40/h11-24,34-35,41-42H,25-28H2,1-10H3/b12-11+,17-13+,18-14+,22-21+,24-23+,29-15+,30-16+,31-19+,32-20+/t34-,35-,39-,40+/m0/s1. The number of ether oxygens (including phenoxy) is 1. The SMILES string of the molecule is CC1=C(/C=C/C(C)=C/C=C/C(C)=C/C=C/C=C(C)/C=C/C=C(C)/C=C/[C@]23O[C@@]2(C)C[C@@H](O)CC3(C)C)C(C)(C)C[C@@H](O)C1. The number of hydrogen-bond acceptors (Lipinski definition) is 3. The van der Waals surface area contributed by atoms with E-state index in [0.717, 1.165) is 19.3 Å². The molecule has 0 aromatic carbocycles. The van der Waals surface area contributed by atoms with Crippen LogP contribution in [-0.4, -0.2) is 33.6 Å². The molecule has 1 aliphatic heterocycles. The maximum absolute atomic E-state index is 10.2. The Labute approximate surface area is 262 Å². The summed E-state index contributed by atoms with van der Waals surface area (Å²) in [5, 5.41) is 20.4. The fraction of sp³-hybridized carbons (Fsp3) is 0.500. The van der Waals surface area contributed by atoms with Gasteiger partial charge in [-0.3, -0.25) is 0 Å². The van der Waals surface area contributed by atoms with Crippen molar-refractivity contribution in [3.63, 3.8) is 0 Å². The number of allylic oxidation sites excluding steroid dienone is 18. The summed E-state index contributed by atoms with van der Waals surface area (Å²) in [4.78, 5) is 0. The second-order valence-corrected chi connectivity index (χ2v) is 14.6. The summed E-state index contributed by atoms with van der Waals surface area (Å²) < 4.78 is 6.25. The number of aliphatic hydroxyl groups excluding tert-OH is 2. The molecule has 3 heteroatoms. The van der Waals surface area contributed by atoms with E-state index in [2.05, 4.69) is 154 Å². The molecule has 3 nitrogen and oxygen atoms in total. The Bertz CT molecular complexity index is 1330. The maximum atomic E-state index is 10.2. The third-order valence-electron chi connectivity index (χ3n) is 9.34. The fourth-order valence-corrected chi connectivity index (χ4v) is 7.06. The average molecular weight is 585 g/mol. The summed E-state index contributed by atoms with van der Waals surface area (Å²) >= 11 is 0. The molecule has 3 aliphatic rings. The van der Waals surface area contributed by atoms with Crippen LogP contribution in [0.25, 0.3) is 0 Å². The minimum Gasteiger partial charge on any atom is -0.393 e. The summed E-state index contributed by atoms with van der Waals surface area (Å²) in [7, 11) is 0. The minimum atomic E-state index is -0.291. The van der Waals surface area contributed by atoms with E-state index < -0.39 is 0 Å². The zero-order chi connectivity index (χ0) is 32.1. The molecule has 0 spiro atoms. The Morgan fingerprint density at radius 2 is 1.19 bits per heavy atom. The number of fused-ring (bicyclic) bond motifs is 1. The maximum Gasteiger partial charge on any atom is 0.121 e. The van der Waals surface area contributed by atoms with Crippen LogP contribution in [0.3, 0.4) is 0 Å². The molecule has 0 amide bonds. The topological polar surface area (TPSA) is 53.0 Å². The molecular formula is C40H56O3. The van der Waals surface area contributed by atoms with Gasteiger partial charge in [-0.25, -0.2) is 0 Å². The fourth-order valence-electron chi connectivity index (χ4n) is 7.06. The highest BCUT2D eigenvalue weighted by molar-refractivity contribution is 5.39. The van der Waals surface area contributed by atoms with Crippen LogP contribution in [-0.2, 0) is 4.74 Å².